The van der Waals surface area contributed by atoms with E-state index in [1.807, 2.05) is 55.5 Å². The van der Waals surface area contributed by atoms with Gasteiger partial charge in [0, 0.05) is 13.1 Å². The molecule has 4 aromatic rings. The third-order valence-electron chi connectivity index (χ3n) is 5.95. The molecule has 0 radical (unpaired) electrons. The maximum Gasteiger partial charge on any atom is 0.235 e. The molecule has 0 bridgehead atoms. The van der Waals surface area contributed by atoms with Crippen LogP contribution in [0.25, 0.3) is 11.0 Å². The van der Waals surface area contributed by atoms with Gasteiger partial charge in [-0.1, -0.05) is 24.3 Å². The van der Waals surface area contributed by atoms with Crippen LogP contribution in [0.5, 0.6) is 28.7 Å². The highest BCUT2D eigenvalue weighted by molar-refractivity contribution is 5.83. The van der Waals surface area contributed by atoms with E-state index in [2.05, 4.69) is 4.90 Å². The molecule has 7 heteroatoms. The molecule has 0 fully saturated rings. The van der Waals surface area contributed by atoms with Crippen LogP contribution in [-0.2, 0) is 13.1 Å². The molecular formula is C28H27NO6. The van der Waals surface area contributed by atoms with Gasteiger partial charge < -0.3 is 23.4 Å². The van der Waals surface area contributed by atoms with E-state index in [-0.39, 0.29) is 11.2 Å². The van der Waals surface area contributed by atoms with Crippen LogP contribution >= 0.6 is 0 Å². The van der Waals surface area contributed by atoms with Gasteiger partial charge >= 0.3 is 0 Å². The van der Waals surface area contributed by atoms with Crippen molar-refractivity contribution < 1.29 is 23.4 Å². The Balaban J connectivity index is 1.47. The van der Waals surface area contributed by atoms with Gasteiger partial charge in [0.1, 0.15) is 29.6 Å². The van der Waals surface area contributed by atoms with Crippen LogP contribution in [0.2, 0.25) is 0 Å². The Bertz CT molecular complexity index is 1410. The number of hydrogen-bond acceptors (Lipinski definition) is 7. The SMILES string of the molecule is CCOc1ccccc1Oc1c(C)oc2c3c(ccc2c1=O)OCN(Cc1ccc(OC)cc1)C3. The van der Waals surface area contributed by atoms with Crippen LogP contribution in [0, 0.1) is 6.92 Å². The minimum absolute atomic E-state index is 0.149. The molecule has 180 valence electrons. The zero-order valence-corrected chi connectivity index (χ0v) is 20.0. The maximum atomic E-state index is 13.4. The molecule has 0 atom stereocenters. The van der Waals surface area contributed by atoms with Crippen molar-refractivity contribution in [3.8, 4) is 28.7 Å². The van der Waals surface area contributed by atoms with Crippen LogP contribution in [0.15, 0.2) is 69.9 Å². The second-order valence-corrected chi connectivity index (χ2v) is 8.33. The number of rotatable bonds is 7. The smallest absolute Gasteiger partial charge is 0.235 e. The van der Waals surface area contributed by atoms with Gasteiger partial charge in [-0.2, -0.15) is 0 Å². The van der Waals surface area contributed by atoms with E-state index in [1.165, 1.54) is 0 Å². The van der Waals surface area contributed by atoms with Crippen molar-refractivity contribution in [3.63, 3.8) is 0 Å². The minimum Gasteiger partial charge on any atom is -0.497 e. The Labute approximate surface area is 203 Å². The molecule has 7 nitrogen and oxygen atoms in total. The molecule has 0 saturated heterocycles. The van der Waals surface area contributed by atoms with Gasteiger partial charge in [-0.25, -0.2) is 0 Å². The number of hydrogen-bond donors (Lipinski definition) is 0. The Morgan fingerprint density at radius 3 is 2.51 bits per heavy atom. The summed E-state index contributed by atoms with van der Waals surface area (Å²) < 4.78 is 29.1. The number of fused-ring (bicyclic) bond motifs is 3. The van der Waals surface area contributed by atoms with E-state index in [1.54, 1.807) is 26.2 Å². The van der Waals surface area contributed by atoms with Gasteiger partial charge in [-0.3, -0.25) is 9.69 Å². The Morgan fingerprint density at radius 2 is 1.77 bits per heavy atom. The van der Waals surface area contributed by atoms with E-state index < -0.39 is 0 Å². The van der Waals surface area contributed by atoms with E-state index in [9.17, 15) is 4.79 Å². The number of methoxy groups -OCH3 is 1. The summed E-state index contributed by atoms with van der Waals surface area (Å²) in [4.78, 5) is 15.6. The molecule has 1 aliphatic heterocycles. The van der Waals surface area contributed by atoms with Gasteiger partial charge in [-0.15, -0.1) is 0 Å². The number of benzene rings is 3. The number of aryl methyl sites for hydroxylation is 1. The summed E-state index contributed by atoms with van der Waals surface area (Å²) in [6, 6.07) is 18.8. The van der Waals surface area contributed by atoms with Crippen molar-refractivity contribution in [1.29, 1.82) is 0 Å². The molecule has 0 unspecified atom stereocenters. The average molecular weight is 474 g/mol. The lowest BCUT2D eigenvalue weighted by atomic mass is 10.1. The maximum absolute atomic E-state index is 13.4. The molecule has 0 saturated carbocycles. The quantitative estimate of drug-likeness (QED) is 0.343. The van der Waals surface area contributed by atoms with Crippen molar-refractivity contribution >= 4 is 11.0 Å². The van der Waals surface area contributed by atoms with Crippen LogP contribution < -0.4 is 24.4 Å². The van der Waals surface area contributed by atoms with Crippen LogP contribution in [-0.4, -0.2) is 25.3 Å². The molecular weight excluding hydrogens is 446 g/mol. The monoisotopic (exact) mass is 473 g/mol. The zero-order valence-electron chi connectivity index (χ0n) is 20.0. The molecule has 1 aliphatic rings. The molecule has 0 N–H and O–H groups in total. The predicted molar refractivity (Wildman–Crippen MR) is 133 cm³/mol. The highest BCUT2D eigenvalue weighted by Gasteiger charge is 2.24. The van der Waals surface area contributed by atoms with E-state index in [0.717, 1.165) is 22.6 Å². The van der Waals surface area contributed by atoms with E-state index >= 15 is 0 Å². The summed E-state index contributed by atoms with van der Waals surface area (Å²) in [6.07, 6.45) is 0. The average Bonchev–Trinajstić information content (AvgIpc) is 2.88. The zero-order chi connectivity index (χ0) is 24.4. The van der Waals surface area contributed by atoms with Crippen LogP contribution in [0.1, 0.15) is 23.8 Å². The first-order valence-corrected chi connectivity index (χ1v) is 11.5. The van der Waals surface area contributed by atoms with E-state index in [0.29, 0.717) is 54.7 Å². The lowest BCUT2D eigenvalue weighted by Gasteiger charge is -2.29. The Hall–Kier alpha value is -3.97. The molecule has 35 heavy (non-hydrogen) atoms. The summed E-state index contributed by atoms with van der Waals surface area (Å²) in [6.45, 7) is 5.86. The highest BCUT2D eigenvalue weighted by Crippen LogP contribution is 2.36. The molecule has 2 heterocycles. The Kier molecular flexibility index (Phi) is 6.33. The number of para-hydroxylation sites is 2. The third-order valence-corrected chi connectivity index (χ3v) is 5.95. The van der Waals surface area contributed by atoms with Crippen LogP contribution in [0.4, 0.5) is 0 Å². The standard InChI is InChI=1S/C28H27NO6/c1-4-32-24-7-5-6-8-25(24)35-27-18(2)34-28-21(26(27)30)13-14-23-22(28)16-29(17-33-23)15-19-9-11-20(31-3)12-10-19/h5-14H,4,15-17H2,1-3H3. The first-order chi connectivity index (χ1) is 17.1. The van der Waals surface area contributed by atoms with Gasteiger partial charge in [-0.05, 0) is 55.8 Å². The first kappa shape index (κ1) is 22.8. The summed E-state index contributed by atoms with van der Waals surface area (Å²) in [5.74, 6) is 3.13. The summed E-state index contributed by atoms with van der Waals surface area (Å²) in [7, 11) is 1.65. The van der Waals surface area contributed by atoms with Crippen molar-refractivity contribution in [2.45, 2.75) is 26.9 Å². The minimum atomic E-state index is -0.231. The lowest BCUT2D eigenvalue weighted by molar-refractivity contribution is 0.0889. The second-order valence-electron chi connectivity index (χ2n) is 8.33. The van der Waals surface area contributed by atoms with Gasteiger partial charge in [0.15, 0.2) is 11.5 Å². The van der Waals surface area contributed by atoms with Gasteiger partial charge in [0.25, 0.3) is 0 Å². The van der Waals surface area contributed by atoms with Crippen molar-refractivity contribution in [1.82, 2.24) is 4.90 Å². The summed E-state index contributed by atoms with van der Waals surface area (Å²) in [5.41, 5.74) is 2.28. The molecule has 0 spiro atoms. The fourth-order valence-electron chi connectivity index (χ4n) is 4.23. The first-order valence-electron chi connectivity index (χ1n) is 11.5. The summed E-state index contributed by atoms with van der Waals surface area (Å²) >= 11 is 0. The fourth-order valence-corrected chi connectivity index (χ4v) is 4.23. The molecule has 5 rings (SSSR count). The van der Waals surface area contributed by atoms with Crippen LogP contribution in [0.3, 0.4) is 0 Å². The van der Waals surface area contributed by atoms with Gasteiger partial charge in [0.2, 0.25) is 11.2 Å². The topological polar surface area (TPSA) is 70.4 Å². The molecule has 0 amide bonds. The predicted octanol–water partition coefficient (Wildman–Crippen LogP) is 5.65. The largest absolute Gasteiger partial charge is 0.497 e. The molecule has 0 aliphatic carbocycles. The van der Waals surface area contributed by atoms with Crippen molar-refractivity contribution in [2.75, 3.05) is 20.4 Å². The molecule has 1 aromatic heterocycles. The van der Waals surface area contributed by atoms with Crippen molar-refractivity contribution in [3.05, 3.63) is 87.8 Å². The summed E-state index contributed by atoms with van der Waals surface area (Å²) in [5, 5.41) is 0.452. The normalized spacial score (nSPS) is 13.2. The molecule has 3 aromatic carbocycles. The van der Waals surface area contributed by atoms with E-state index in [4.69, 9.17) is 23.4 Å². The third kappa shape index (κ3) is 4.55. The number of nitrogens with zero attached hydrogens (tertiary/aromatic N) is 1. The Morgan fingerprint density at radius 1 is 1.00 bits per heavy atom. The van der Waals surface area contributed by atoms with Crippen molar-refractivity contribution in [2.24, 2.45) is 0 Å². The number of ether oxygens (including phenoxy) is 4. The highest BCUT2D eigenvalue weighted by atomic mass is 16.5. The lowest BCUT2D eigenvalue weighted by Crippen LogP contribution is -2.31. The fraction of sp³-hybridized carbons (Fsp3) is 0.250. The second kappa shape index (κ2) is 9.72. The van der Waals surface area contributed by atoms with Gasteiger partial charge in [0.05, 0.1) is 24.7 Å².